The van der Waals surface area contributed by atoms with Gasteiger partial charge >= 0.3 is 5.97 Å². The molecule has 5 nitrogen and oxygen atoms in total. The first kappa shape index (κ1) is 20.9. The van der Waals surface area contributed by atoms with Gasteiger partial charge in [-0.15, -0.1) is 0 Å². The van der Waals surface area contributed by atoms with E-state index in [1.54, 1.807) is 18.7 Å². The zero-order valence-corrected chi connectivity index (χ0v) is 15.8. The van der Waals surface area contributed by atoms with Crippen LogP contribution in [0.2, 0.25) is 0 Å². The molecule has 0 heterocycles. The summed E-state index contributed by atoms with van der Waals surface area (Å²) in [4.78, 5) is 26.2. The molecule has 5 heteroatoms. The summed E-state index contributed by atoms with van der Waals surface area (Å²) < 4.78 is 4.76. The SMILES string of the molecule is CCCCC1CCC(C(=O)N(CC(C)O)CC(C)C(=O)OC)CC1. The molecule has 140 valence electrons. The lowest BCUT2D eigenvalue weighted by Crippen LogP contribution is -2.44. The molecular weight excluding hydrogens is 306 g/mol. The lowest BCUT2D eigenvalue weighted by Gasteiger charge is -2.33. The van der Waals surface area contributed by atoms with Crippen molar-refractivity contribution < 1.29 is 19.4 Å². The maximum absolute atomic E-state index is 12.9. The molecule has 1 N–H and O–H groups in total. The Hall–Kier alpha value is -1.10. The smallest absolute Gasteiger partial charge is 0.310 e. The molecule has 1 saturated carbocycles. The number of carbonyl (C=O) groups excluding carboxylic acids is 2. The Bertz CT molecular complexity index is 389. The van der Waals surface area contributed by atoms with Gasteiger partial charge in [0.25, 0.3) is 0 Å². The quantitative estimate of drug-likeness (QED) is 0.655. The number of methoxy groups -OCH3 is 1. The van der Waals surface area contributed by atoms with Crippen molar-refractivity contribution in [2.24, 2.45) is 17.8 Å². The Balaban J connectivity index is 2.60. The van der Waals surface area contributed by atoms with E-state index in [-0.39, 0.29) is 30.3 Å². The van der Waals surface area contributed by atoms with Gasteiger partial charge in [-0.25, -0.2) is 0 Å². The molecule has 2 atom stereocenters. The van der Waals surface area contributed by atoms with E-state index >= 15 is 0 Å². The number of unbranched alkanes of at least 4 members (excludes halogenated alkanes) is 1. The number of carbonyl (C=O) groups is 2. The van der Waals surface area contributed by atoms with E-state index in [4.69, 9.17) is 4.74 Å². The molecule has 1 rings (SSSR count). The van der Waals surface area contributed by atoms with Crippen LogP contribution in [0.1, 0.15) is 65.7 Å². The van der Waals surface area contributed by atoms with Crippen molar-refractivity contribution >= 4 is 11.9 Å². The van der Waals surface area contributed by atoms with Crippen molar-refractivity contribution in [2.45, 2.75) is 71.8 Å². The molecule has 0 saturated heterocycles. The van der Waals surface area contributed by atoms with Gasteiger partial charge in [-0.1, -0.05) is 33.1 Å². The molecule has 0 radical (unpaired) electrons. The Morgan fingerprint density at radius 1 is 1.17 bits per heavy atom. The zero-order chi connectivity index (χ0) is 18.1. The summed E-state index contributed by atoms with van der Waals surface area (Å²) in [6.45, 7) is 6.23. The van der Waals surface area contributed by atoms with Crippen molar-refractivity contribution in [1.82, 2.24) is 4.90 Å². The van der Waals surface area contributed by atoms with Crippen LogP contribution in [0.25, 0.3) is 0 Å². The summed E-state index contributed by atoms with van der Waals surface area (Å²) in [6.07, 6.45) is 7.26. The molecule has 1 fully saturated rings. The molecule has 0 bridgehead atoms. The summed E-state index contributed by atoms with van der Waals surface area (Å²) in [6, 6.07) is 0. The fraction of sp³-hybridized carbons (Fsp3) is 0.895. The predicted molar refractivity (Wildman–Crippen MR) is 94.4 cm³/mol. The van der Waals surface area contributed by atoms with Crippen LogP contribution in [-0.2, 0) is 14.3 Å². The molecule has 0 aromatic carbocycles. The predicted octanol–water partition coefficient (Wildman–Crippen LogP) is 3.00. The average molecular weight is 341 g/mol. The van der Waals surface area contributed by atoms with Gasteiger partial charge in [0, 0.05) is 19.0 Å². The summed E-state index contributed by atoms with van der Waals surface area (Å²) in [5.74, 6) is 0.181. The van der Waals surface area contributed by atoms with Crippen LogP contribution >= 0.6 is 0 Å². The van der Waals surface area contributed by atoms with E-state index in [0.717, 1.165) is 31.6 Å². The van der Waals surface area contributed by atoms with Crippen LogP contribution in [-0.4, -0.2) is 48.2 Å². The van der Waals surface area contributed by atoms with Crippen LogP contribution in [0.15, 0.2) is 0 Å². The van der Waals surface area contributed by atoms with Crippen molar-refractivity contribution in [3.63, 3.8) is 0 Å². The number of hydrogen-bond acceptors (Lipinski definition) is 4. The number of hydrogen-bond donors (Lipinski definition) is 1. The minimum atomic E-state index is -0.598. The number of amides is 1. The van der Waals surface area contributed by atoms with Gasteiger partial charge in [-0.3, -0.25) is 9.59 Å². The van der Waals surface area contributed by atoms with Crippen molar-refractivity contribution in [3.8, 4) is 0 Å². The van der Waals surface area contributed by atoms with E-state index in [1.807, 2.05) is 0 Å². The Kier molecular flexibility index (Phi) is 9.34. The van der Waals surface area contributed by atoms with E-state index in [9.17, 15) is 14.7 Å². The third-order valence-electron chi connectivity index (χ3n) is 5.06. The highest BCUT2D eigenvalue weighted by atomic mass is 16.5. The summed E-state index contributed by atoms with van der Waals surface area (Å²) in [5, 5.41) is 9.71. The number of aliphatic hydroxyl groups is 1. The Labute approximate surface area is 146 Å². The van der Waals surface area contributed by atoms with Crippen molar-refractivity contribution in [1.29, 1.82) is 0 Å². The van der Waals surface area contributed by atoms with Gasteiger partial charge in [0.2, 0.25) is 5.91 Å². The molecule has 1 aliphatic carbocycles. The highest BCUT2D eigenvalue weighted by Crippen LogP contribution is 2.33. The van der Waals surface area contributed by atoms with E-state index in [1.165, 1.54) is 26.4 Å². The van der Waals surface area contributed by atoms with Crippen LogP contribution in [0.3, 0.4) is 0 Å². The molecular formula is C19H35NO4. The van der Waals surface area contributed by atoms with Crippen molar-refractivity contribution in [2.75, 3.05) is 20.2 Å². The highest BCUT2D eigenvalue weighted by molar-refractivity contribution is 5.80. The first-order valence-corrected chi connectivity index (χ1v) is 9.43. The number of aliphatic hydroxyl groups excluding tert-OH is 1. The Morgan fingerprint density at radius 2 is 1.79 bits per heavy atom. The fourth-order valence-corrected chi connectivity index (χ4v) is 3.63. The van der Waals surface area contributed by atoms with Gasteiger partial charge < -0.3 is 14.7 Å². The average Bonchev–Trinajstić information content (AvgIpc) is 2.57. The molecule has 2 unspecified atom stereocenters. The molecule has 0 aliphatic heterocycles. The second-order valence-electron chi connectivity index (χ2n) is 7.38. The molecule has 0 spiro atoms. The monoisotopic (exact) mass is 341 g/mol. The number of nitrogens with zero attached hydrogens (tertiary/aromatic N) is 1. The maximum atomic E-state index is 12.9. The Morgan fingerprint density at radius 3 is 2.29 bits per heavy atom. The minimum Gasteiger partial charge on any atom is -0.469 e. The van der Waals surface area contributed by atoms with Crippen molar-refractivity contribution in [3.05, 3.63) is 0 Å². The first-order chi connectivity index (χ1) is 11.4. The third kappa shape index (κ3) is 6.80. The molecule has 1 aliphatic rings. The van der Waals surface area contributed by atoms with Crippen LogP contribution in [0, 0.1) is 17.8 Å². The summed E-state index contributed by atoms with van der Waals surface area (Å²) >= 11 is 0. The first-order valence-electron chi connectivity index (χ1n) is 9.43. The minimum absolute atomic E-state index is 0.0338. The van der Waals surface area contributed by atoms with Crippen LogP contribution in [0.4, 0.5) is 0 Å². The number of ether oxygens (including phenoxy) is 1. The molecule has 0 aromatic heterocycles. The lowest BCUT2D eigenvalue weighted by molar-refractivity contribution is -0.147. The summed E-state index contributed by atoms with van der Waals surface area (Å²) in [5.41, 5.74) is 0. The molecule has 24 heavy (non-hydrogen) atoms. The highest BCUT2D eigenvalue weighted by Gasteiger charge is 2.31. The van der Waals surface area contributed by atoms with E-state index in [0.29, 0.717) is 6.54 Å². The zero-order valence-electron chi connectivity index (χ0n) is 15.8. The van der Waals surface area contributed by atoms with Gasteiger partial charge in [-0.2, -0.15) is 0 Å². The normalized spacial score (nSPS) is 23.4. The topological polar surface area (TPSA) is 66.8 Å². The van der Waals surface area contributed by atoms with Crippen LogP contribution < -0.4 is 0 Å². The summed E-state index contributed by atoms with van der Waals surface area (Å²) in [7, 11) is 1.36. The fourth-order valence-electron chi connectivity index (χ4n) is 3.63. The van der Waals surface area contributed by atoms with Crippen LogP contribution in [0.5, 0.6) is 0 Å². The van der Waals surface area contributed by atoms with E-state index < -0.39 is 6.10 Å². The van der Waals surface area contributed by atoms with E-state index in [2.05, 4.69) is 6.92 Å². The second kappa shape index (κ2) is 10.7. The molecule has 1 amide bonds. The third-order valence-corrected chi connectivity index (χ3v) is 5.06. The van der Waals surface area contributed by atoms with Gasteiger partial charge in [0.15, 0.2) is 0 Å². The standard InChI is InChI=1S/C19H35NO4/c1-5-6-7-16-8-10-17(11-9-16)18(22)20(13-15(3)21)12-14(2)19(23)24-4/h14-17,21H,5-13H2,1-4H3. The largest absolute Gasteiger partial charge is 0.469 e. The maximum Gasteiger partial charge on any atom is 0.310 e. The second-order valence-corrected chi connectivity index (χ2v) is 7.38. The van der Waals surface area contributed by atoms with Gasteiger partial charge in [0.1, 0.15) is 0 Å². The number of esters is 1. The van der Waals surface area contributed by atoms with Gasteiger partial charge in [-0.05, 0) is 38.5 Å². The number of rotatable bonds is 9. The lowest BCUT2D eigenvalue weighted by atomic mass is 9.79. The van der Waals surface area contributed by atoms with Gasteiger partial charge in [0.05, 0.1) is 19.1 Å². The molecule has 0 aromatic rings.